The predicted octanol–water partition coefficient (Wildman–Crippen LogP) is 1.97. The van der Waals surface area contributed by atoms with Gasteiger partial charge in [0, 0.05) is 11.6 Å². The van der Waals surface area contributed by atoms with Gasteiger partial charge in [-0.05, 0) is 6.92 Å². The predicted molar refractivity (Wildman–Crippen MR) is 40.5 cm³/mol. The van der Waals surface area contributed by atoms with Crippen LogP contribution in [-0.2, 0) is 0 Å². The van der Waals surface area contributed by atoms with Crippen molar-refractivity contribution in [1.82, 2.24) is 0 Å². The van der Waals surface area contributed by atoms with E-state index in [0.29, 0.717) is 0 Å². The average Bonchev–Trinajstić information content (AvgIpc) is 2.11. The van der Waals surface area contributed by atoms with Gasteiger partial charge in [0.15, 0.2) is 17.4 Å². The smallest absolute Gasteiger partial charge is 0.204 e. The molecule has 0 amide bonds. The van der Waals surface area contributed by atoms with E-state index in [1.165, 1.54) is 0 Å². The third-order valence-electron chi connectivity index (χ3n) is 1.73. The van der Waals surface area contributed by atoms with E-state index < -0.39 is 40.6 Å². The third kappa shape index (κ3) is 1.41. The first-order chi connectivity index (χ1) is 6.37. The fraction of sp³-hybridized carbons (Fsp3) is 0.250. The number of hydrogen-bond donors (Lipinski definition) is 2. The summed E-state index contributed by atoms with van der Waals surface area (Å²) in [6.07, 6.45) is 0. The highest BCUT2D eigenvalue weighted by Crippen LogP contribution is 2.31. The molecule has 1 atom stereocenters. The van der Waals surface area contributed by atoms with Gasteiger partial charge < -0.3 is 10.8 Å². The van der Waals surface area contributed by atoms with E-state index in [-0.39, 0.29) is 0 Å². The Labute approximate surface area is 77.0 Å². The Balaban J connectivity index is 3.60. The minimum atomic E-state index is -1.84. The third-order valence-corrected chi connectivity index (χ3v) is 1.73. The van der Waals surface area contributed by atoms with Gasteiger partial charge in [0.05, 0.1) is 0 Å². The number of halogens is 4. The zero-order valence-electron chi connectivity index (χ0n) is 7.11. The van der Waals surface area contributed by atoms with Gasteiger partial charge in [-0.3, -0.25) is 0 Å². The monoisotopic (exact) mass is 209 g/mol. The van der Waals surface area contributed by atoms with Gasteiger partial charge >= 0.3 is 0 Å². The molecule has 0 spiro atoms. The van der Waals surface area contributed by atoms with Crippen molar-refractivity contribution >= 4 is 0 Å². The van der Waals surface area contributed by atoms with Crippen LogP contribution in [0.4, 0.5) is 17.6 Å². The second-order valence-corrected chi connectivity index (χ2v) is 2.81. The number of phenols is 1. The largest absolute Gasteiger partial charge is 0.503 e. The van der Waals surface area contributed by atoms with Crippen LogP contribution in [0.5, 0.6) is 5.75 Å². The summed E-state index contributed by atoms with van der Waals surface area (Å²) in [5, 5.41) is 8.60. The number of benzene rings is 1. The first-order valence-electron chi connectivity index (χ1n) is 3.68. The second kappa shape index (κ2) is 3.45. The number of hydrogen-bond acceptors (Lipinski definition) is 2. The maximum atomic E-state index is 12.9. The van der Waals surface area contributed by atoms with E-state index in [1.807, 2.05) is 0 Å². The molecular formula is C8H7F4NO. The zero-order valence-corrected chi connectivity index (χ0v) is 7.11. The Morgan fingerprint density at radius 1 is 1.00 bits per heavy atom. The molecule has 1 aromatic carbocycles. The lowest BCUT2D eigenvalue weighted by atomic mass is 10.1. The van der Waals surface area contributed by atoms with E-state index in [4.69, 9.17) is 10.8 Å². The maximum absolute atomic E-state index is 12.9. The molecule has 0 aliphatic rings. The van der Waals surface area contributed by atoms with Crippen molar-refractivity contribution < 1.29 is 22.7 Å². The fourth-order valence-electron chi connectivity index (χ4n) is 1.04. The molecule has 1 unspecified atom stereocenters. The molecule has 0 aliphatic carbocycles. The van der Waals surface area contributed by atoms with Crippen molar-refractivity contribution in [2.75, 3.05) is 0 Å². The van der Waals surface area contributed by atoms with Gasteiger partial charge in [0.25, 0.3) is 0 Å². The lowest BCUT2D eigenvalue weighted by molar-refractivity contribution is 0.348. The normalized spacial score (nSPS) is 13.0. The van der Waals surface area contributed by atoms with Crippen LogP contribution in [0, 0.1) is 23.3 Å². The lowest BCUT2D eigenvalue weighted by Crippen LogP contribution is -2.13. The first kappa shape index (κ1) is 10.8. The Morgan fingerprint density at radius 3 is 1.64 bits per heavy atom. The molecule has 0 radical (unpaired) electrons. The summed E-state index contributed by atoms with van der Waals surface area (Å²) >= 11 is 0. The topological polar surface area (TPSA) is 46.2 Å². The van der Waals surface area contributed by atoms with Crippen molar-refractivity contribution in [3.63, 3.8) is 0 Å². The molecule has 0 saturated heterocycles. The summed E-state index contributed by atoms with van der Waals surface area (Å²) in [5.41, 5.74) is 4.19. The van der Waals surface area contributed by atoms with Gasteiger partial charge in [0.1, 0.15) is 0 Å². The molecule has 78 valence electrons. The van der Waals surface area contributed by atoms with Crippen molar-refractivity contribution in [3.05, 3.63) is 28.8 Å². The van der Waals surface area contributed by atoms with E-state index in [2.05, 4.69) is 0 Å². The molecule has 3 N–H and O–H groups in total. The minimum absolute atomic E-state index is 0.919. The zero-order chi connectivity index (χ0) is 11.0. The highest BCUT2D eigenvalue weighted by atomic mass is 19.2. The summed E-state index contributed by atoms with van der Waals surface area (Å²) < 4.78 is 51.3. The molecule has 0 fully saturated rings. The molecule has 0 saturated carbocycles. The van der Waals surface area contributed by atoms with E-state index in [0.717, 1.165) is 6.92 Å². The Kier molecular flexibility index (Phi) is 2.66. The molecule has 6 heteroatoms. The molecule has 14 heavy (non-hydrogen) atoms. The van der Waals surface area contributed by atoms with Crippen molar-refractivity contribution in [3.8, 4) is 5.75 Å². The van der Waals surface area contributed by atoms with Crippen LogP contribution in [0.1, 0.15) is 18.5 Å². The van der Waals surface area contributed by atoms with E-state index in [9.17, 15) is 17.6 Å². The van der Waals surface area contributed by atoms with Crippen molar-refractivity contribution in [2.45, 2.75) is 13.0 Å². The van der Waals surface area contributed by atoms with E-state index in [1.54, 1.807) is 0 Å². The molecule has 1 rings (SSSR count). The first-order valence-corrected chi connectivity index (χ1v) is 3.68. The molecule has 0 aromatic heterocycles. The fourth-order valence-corrected chi connectivity index (χ4v) is 1.04. The summed E-state index contributed by atoms with van der Waals surface area (Å²) in [4.78, 5) is 0. The lowest BCUT2D eigenvalue weighted by Gasteiger charge is -2.10. The van der Waals surface area contributed by atoms with Crippen LogP contribution in [0.25, 0.3) is 0 Å². The SMILES string of the molecule is CC(N)c1c(F)c(F)c(O)c(F)c1F. The Morgan fingerprint density at radius 2 is 1.36 bits per heavy atom. The standard InChI is InChI=1S/C8H7F4NO/c1-2(13)3-4(9)6(11)8(14)7(12)5(3)10/h2,14H,13H2,1H3. The number of rotatable bonds is 1. The van der Waals surface area contributed by atoms with Gasteiger partial charge in [-0.15, -0.1) is 0 Å². The summed E-state index contributed by atoms with van der Waals surface area (Å²) in [6, 6.07) is -1.21. The maximum Gasteiger partial charge on any atom is 0.204 e. The van der Waals surface area contributed by atoms with Gasteiger partial charge in [-0.25, -0.2) is 8.78 Å². The van der Waals surface area contributed by atoms with Gasteiger partial charge in [-0.1, -0.05) is 0 Å². The summed E-state index contributed by atoms with van der Waals surface area (Å²) in [6.45, 7) is 1.16. The van der Waals surface area contributed by atoms with E-state index >= 15 is 0 Å². The van der Waals surface area contributed by atoms with Crippen molar-refractivity contribution in [2.24, 2.45) is 5.73 Å². The van der Waals surface area contributed by atoms with Crippen LogP contribution < -0.4 is 5.73 Å². The highest BCUT2D eigenvalue weighted by molar-refractivity contribution is 5.34. The molecule has 0 bridgehead atoms. The number of aromatic hydroxyl groups is 1. The second-order valence-electron chi connectivity index (χ2n) is 2.81. The minimum Gasteiger partial charge on any atom is -0.503 e. The van der Waals surface area contributed by atoms with Crippen LogP contribution >= 0.6 is 0 Å². The van der Waals surface area contributed by atoms with Gasteiger partial charge in [0.2, 0.25) is 11.6 Å². The summed E-state index contributed by atoms with van der Waals surface area (Å²) in [5.74, 6) is -8.69. The van der Waals surface area contributed by atoms with Gasteiger partial charge in [-0.2, -0.15) is 8.78 Å². The van der Waals surface area contributed by atoms with Crippen LogP contribution in [0.2, 0.25) is 0 Å². The van der Waals surface area contributed by atoms with Crippen LogP contribution in [0.3, 0.4) is 0 Å². The number of phenolic OH excluding ortho intramolecular Hbond substituents is 1. The Hall–Kier alpha value is -1.30. The average molecular weight is 209 g/mol. The molecule has 2 nitrogen and oxygen atoms in total. The number of nitrogens with two attached hydrogens (primary N) is 1. The van der Waals surface area contributed by atoms with Crippen LogP contribution in [-0.4, -0.2) is 5.11 Å². The van der Waals surface area contributed by atoms with Crippen molar-refractivity contribution in [1.29, 1.82) is 0 Å². The molecule has 0 heterocycles. The van der Waals surface area contributed by atoms with Crippen LogP contribution in [0.15, 0.2) is 0 Å². The Bertz CT molecular complexity index is 349. The molecule has 1 aromatic rings. The summed E-state index contributed by atoms with van der Waals surface area (Å²) in [7, 11) is 0. The highest BCUT2D eigenvalue weighted by Gasteiger charge is 2.26. The molecular weight excluding hydrogens is 202 g/mol. The quantitative estimate of drug-likeness (QED) is 0.548. The molecule has 0 aliphatic heterocycles.